The highest BCUT2D eigenvalue weighted by Crippen LogP contribution is 2.35. The molecular weight excluding hydrogens is 422 g/mol. The second-order valence-corrected chi connectivity index (χ2v) is 9.14. The van der Waals surface area contributed by atoms with E-state index in [-0.39, 0.29) is 43.3 Å². The number of carbonyl (C=O) groups is 4. The van der Waals surface area contributed by atoms with Crippen LogP contribution in [0.5, 0.6) is 0 Å². The summed E-state index contributed by atoms with van der Waals surface area (Å²) in [5.41, 5.74) is 1.22. The summed E-state index contributed by atoms with van der Waals surface area (Å²) in [6, 6.07) is 7.41. The molecule has 9 heteroatoms. The molecule has 3 aliphatic rings. The summed E-state index contributed by atoms with van der Waals surface area (Å²) in [6.07, 6.45) is 4.22. The van der Waals surface area contributed by atoms with Crippen LogP contribution in [-0.4, -0.2) is 83.3 Å². The molecule has 0 unspecified atom stereocenters. The maximum absolute atomic E-state index is 12.7. The standard InChI is InChI=1S/C24H33N5O4/c1-2-18-7-3-4-8-19(18)25-20(30)17-27-13-15-28(16-14-27)21(31)9-12-29-22(32)24(26-23(29)33)10-5-6-11-24/h3-4,7-8H,2,5-6,9-17H2,1H3,(H,25,30)(H,26,33). The lowest BCUT2D eigenvalue weighted by atomic mass is 9.98. The Kier molecular flexibility index (Phi) is 6.97. The van der Waals surface area contributed by atoms with Crippen molar-refractivity contribution in [1.29, 1.82) is 0 Å². The molecule has 0 atom stereocenters. The predicted octanol–water partition coefficient (Wildman–Crippen LogP) is 1.59. The van der Waals surface area contributed by atoms with Gasteiger partial charge < -0.3 is 15.5 Å². The molecule has 2 saturated heterocycles. The number of amides is 5. The van der Waals surface area contributed by atoms with Crippen LogP contribution in [0.2, 0.25) is 0 Å². The van der Waals surface area contributed by atoms with Crippen molar-refractivity contribution < 1.29 is 19.2 Å². The molecule has 0 aromatic heterocycles. The van der Waals surface area contributed by atoms with E-state index >= 15 is 0 Å². The molecule has 9 nitrogen and oxygen atoms in total. The van der Waals surface area contributed by atoms with Crippen LogP contribution in [0.25, 0.3) is 0 Å². The van der Waals surface area contributed by atoms with Gasteiger partial charge in [0.2, 0.25) is 11.8 Å². The van der Waals surface area contributed by atoms with E-state index in [4.69, 9.17) is 0 Å². The van der Waals surface area contributed by atoms with Gasteiger partial charge >= 0.3 is 6.03 Å². The van der Waals surface area contributed by atoms with Gasteiger partial charge in [0.1, 0.15) is 5.54 Å². The zero-order chi connectivity index (χ0) is 23.4. The fourth-order valence-electron chi connectivity index (χ4n) is 5.06. The zero-order valence-corrected chi connectivity index (χ0v) is 19.3. The number of hydrogen-bond acceptors (Lipinski definition) is 5. The van der Waals surface area contributed by atoms with Crippen LogP contribution in [0.3, 0.4) is 0 Å². The highest BCUT2D eigenvalue weighted by Gasteiger charge is 2.52. The highest BCUT2D eigenvalue weighted by atomic mass is 16.2. The van der Waals surface area contributed by atoms with E-state index in [1.165, 1.54) is 4.90 Å². The van der Waals surface area contributed by atoms with E-state index in [1.807, 2.05) is 29.2 Å². The first-order valence-corrected chi connectivity index (χ1v) is 11.9. The summed E-state index contributed by atoms with van der Waals surface area (Å²) in [7, 11) is 0. The summed E-state index contributed by atoms with van der Waals surface area (Å²) < 4.78 is 0. The molecule has 2 heterocycles. The zero-order valence-electron chi connectivity index (χ0n) is 19.3. The van der Waals surface area contributed by atoms with Crippen LogP contribution in [0.4, 0.5) is 10.5 Å². The minimum Gasteiger partial charge on any atom is -0.340 e. The smallest absolute Gasteiger partial charge is 0.325 e. The fraction of sp³-hybridized carbons (Fsp3) is 0.583. The average Bonchev–Trinajstić information content (AvgIpc) is 3.37. The Bertz CT molecular complexity index is 919. The SMILES string of the molecule is CCc1ccccc1NC(=O)CN1CCN(C(=O)CCN2C(=O)NC3(CCCC3)C2=O)CC1. The number of rotatable bonds is 7. The molecule has 3 fully saturated rings. The van der Waals surface area contributed by atoms with Gasteiger partial charge in [-0.3, -0.25) is 24.2 Å². The van der Waals surface area contributed by atoms with Crippen LogP contribution < -0.4 is 10.6 Å². The van der Waals surface area contributed by atoms with Crippen molar-refractivity contribution in [2.45, 2.75) is 51.0 Å². The van der Waals surface area contributed by atoms with E-state index in [1.54, 1.807) is 4.90 Å². The third-order valence-corrected chi connectivity index (χ3v) is 7.02. The van der Waals surface area contributed by atoms with E-state index in [0.29, 0.717) is 39.0 Å². The molecule has 1 aromatic rings. The number of piperazine rings is 1. The maximum atomic E-state index is 12.7. The van der Waals surface area contributed by atoms with Crippen molar-refractivity contribution in [3.05, 3.63) is 29.8 Å². The van der Waals surface area contributed by atoms with Crippen LogP contribution in [0.15, 0.2) is 24.3 Å². The first-order chi connectivity index (χ1) is 15.9. The predicted molar refractivity (Wildman–Crippen MR) is 124 cm³/mol. The van der Waals surface area contributed by atoms with E-state index in [9.17, 15) is 19.2 Å². The molecule has 0 radical (unpaired) electrons. The number of imide groups is 1. The number of para-hydroxylation sites is 1. The van der Waals surface area contributed by atoms with Crippen molar-refractivity contribution in [2.75, 3.05) is 44.6 Å². The topological polar surface area (TPSA) is 102 Å². The van der Waals surface area contributed by atoms with Gasteiger partial charge in [-0.2, -0.15) is 0 Å². The minimum absolute atomic E-state index is 0.0601. The fourth-order valence-corrected chi connectivity index (χ4v) is 5.06. The molecule has 1 aromatic carbocycles. The quantitative estimate of drug-likeness (QED) is 0.608. The van der Waals surface area contributed by atoms with E-state index in [2.05, 4.69) is 17.6 Å². The number of hydrogen-bond donors (Lipinski definition) is 2. The average molecular weight is 456 g/mol. The number of aryl methyl sites for hydroxylation is 1. The molecule has 178 valence electrons. The summed E-state index contributed by atoms with van der Waals surface area (Å²) >= 11 is 0. The summed E-state index contributed by atoms with van der Waals surface area (Å²) in [4.78, 5) is 55.1. The van der Waals surface area contributed by atoms with E-state index < -0.39 is 5.54 Å². The molecule has 0 bridgehead atoms. The van der Waals surface area contributed by atoms with Crippen LogP contribution in [0.1, 0.15) is 44.6 Å². The number of carbonyl (C=O) groups excluding carboxylic acids is 4. The normalized spacial score (nSPS) is 20.4. The number of anilines is 1. The molecule has 2 aliphatic heterocycles. The molecule has 1 aliphatic carbocycles. The van der Waals surface area contributed by atoms with Crippen LogP contribution in [-0.2, 0) is 20.8 Å². The van der Waals surface area contributed by atoms with Gasteiger partial charge in [0.15, 0.2) is 0 Å². The number of urea groups is 1. The van der Waals surface area contributed by atoms with Crippen LogP contribution in [0, 0.1) is 0 Å². The Morgan fingerprint density at radius 1 is 1.06 bits per heavy atom. The van der Waals surface area contributed by atoms with Crippen LogP contribution >= 0.6 is 0 Å². The maximum Gasteiger partial charge on any atom is 0.325 e. The van der Waals surface area contributed by atoms with Crippen molar-refractivity contribution in [3.63, 3.8) is 0 Å². The number of nitrogens with one attached hydrogen (secondary N) is 2. The van der Waals surface area contributed by atoms with Crippen molar-refractivity contribution in [1.82, 2.24) is 20.0 Å². The number of benzene rings is 1. The Morgan fingerprint density at radius 2 is 1.76 bits per heavy atom. The van der Waals surface area contributed by atoms with E-state index in [0.717, 1.165) is 30.5 Å². The summed E-state index contributed by atoms with van der Waals surface area (Å²) in [5, 5.41) is 5.84. The lowest BCUT2D eigenvalue weighted by Crippen LogP contribution is -2.51. The Hall–Kier alpha value is -2.94. The lowest BCUT2D eigenvalue weighted by molar-refractivity contribution is -0.134. The number of nitrogens with zero attached hydrogens (tertiary/aromatic N) is 3. The van der Waals surface area contributed by atoms with Gasteiger partial charge in [0, 0.05) is 44.8 Å². The van der Waals surface area contributed by atoms with Gasteiger partial charge in [-0.15, -0.1) is 0 Å². The van der Waals surface area contributed by atoms with Crippen molar-refractivity contribution >= 4 is 29.4 Å². The lowest BCUT2D eigenvalue weighted by Gasteiger charge is -2.34. The molecular formula is C24H33N5O4. The van der Waals surface area contributed by atoms with Crippen molar-refractivity contribution in [3.8, 4) is 0 Å². The first kappa shape index (κ1) is 23.2. The second kappa shape index (κ2) is 9.91. The molecule has 33 heavy (non-hydrogen) atoms. The Balaban J connectivity index is 1.20. The summed E-state index contributed by atoms with van der Waals surface area (Å²) in [5.74, 6) is -0.308. The molecule has 1 saturated carbocycles. The molecule has 1 spiro atoms. The highest BCUT2D eigenvalue weighted by molar-refractivity contribution is 6.07. The van der Waals surface area contributed by atoms with Gasteiger partial charge in [-0.1, -0.05) is 38.0 Å². The van der Waals surface area contributed by atoms with Gasteiger partial charge in [0.05, 0.1) is 6.54 Å². The van der Waals surface area contributed by atoms with Gasteiger partial charge in [-0.05, 0) is 30.9 Å². The largest absolute Gasteiger partial charge is 0.340 e. The second-order valence-electron chi connectivity index (χ2n) is 9.14. The van der Waals surface area contributed by atoms with Gasteiger partial charge in [-0.25, -0.2) is 4.79 Å². The van der Waals surface area contributed by atoms with Crippen molar-refractivity contribution in [2.24, 2.45) is 0 Å². The molecule has 2 N–H and O–H groups in total. The Morgan fingerprint density at radius 3 is 2.45 bits per heavy atom. The minimum atomic E-state index is -0.732. The molecule has 5 amide bonds. The third-order valence-electron chi connectivity index (χ3n) is 7.02. The first-order valence-electron chi connectivity index (χ1n) is 11.9. The summed E-state index contributed by atoms with van der Waals surface area (Å²) in [6.45, 7) is 4.74. The Labute approximate surface area is 194 Å². The third kappa shape index (κ3) is 5.03. The molecule has 4 rings (SSSR count). The monoisotopic (exact) mass is 455 g/mol. The van der Waals surface area contributed by atoms with Gasteiger partial charge in [0.25, 0.3) is 5.91 Å².